The Morgan fingerprint density at radius 2 is 1.89 bits per heavy atom. The Hall–Kier alpha value is -1.51. The highest BCUT2D eigenvalue weighted by Crippen LogP contribution is 2.30. The van der Waals surface area contributed by atoms with Gasteiger partial charge in [-0.2, -0.15) is 13.2 Å². The molecular weight excluding hydrogens is 257 g/mol. The third kappa shape index (κ3) is 4.40. The van der Waals surface area contributed by atoms with Crippen molar-refractivity contribution in [2.24, 2.45) is 0 Å². The molecule has 18 heavy (non-hydrogen) atoms. The maximum absolute atomic E-state index is 12.5. The van der Waals surface area contributed by atoms with Gasteiger partial charge in [-0.05, 0) is 13.8 Å². The molecule has 0 aliphatic carbocycles. The van der Waals surface area contributed by atoms with Crippen LogP contribution in [0.25, 0.3) is 0 Å². The number of nitrogens with one attached hydrogen (secondary N) is 2. The quantitative estimate of drug-likeness (QED) is 0.622. The largest absolute Gasteiger partial charge is 0.479 e. The Morgan fingerprint density at radius 1 is 1.33 bits per heavy atom. The molecular formula is C9H15F3N2O4. The Balaban J connectivity index is 4.44. The lowest BCUT2D eigenvalue weighted by Crippen LogP contribution is -2.63. The van der Waals surface area contributed by atoms with Gasteiger partial charge >= 0.3 is 18.2 Å². The van der Waals surface area contributed by atoms with E-state index >= 15 is 0 Å². The van der Waals surface area contributed by atoms with Crippen LogP contribution in [0.1, 0.15) is 13.8 Å². The van der Waals surface area contributed by atoms with Gasteiger partial charge in [-0.25, -0.2) is 9.59 Å². The van der Waals surface area contributed by atoms with Crippen LogP contribution in [0.4, 0.5) is 18.0 Å². The first kappa shape index (κ1) is 16.5. The molecule has 0 bridgehead atoms. The van der Waals surface area contributed by atoms with E-state index in [0.29, 0.717) is 13.5 Å². The zero-order chi connectivity index (χ0) is 14.4. The molecule has 3 N–H and O–H groups in total. The molecule has 0 saturated heterocycles. The summed E-state index contributed by atoms with van der Waals surface area (Å²) >= 11 is 0. The number of hydrogen-bond acceptors (Lipinski definition) is 3. The number of carbonyl (C=O) groups excluding carboxylic acids is 1. The van der Waals surface area contributed by atoms with Crippen LogP contribution in [0, 0.1) is 0 Å². The minimum absolute atomic E-state index is 0.0206. The summed E-state index contributed by atoms with van der Waals surface area (Å²) in [4.78, 5) is 21.7. The monoisotopic (exact) mass is 272 g/mol. The second kappa shape index (κ2) is 6.43. The molecule has 0 aromatic carbocycles. The maximum atomic E-state index is 12.5. The summed E-state index contributed by atoms with van der Waals surface area (Å²) in [5.74, 6) is -2.19. The third-order valence-corrected chi connectivity index (χ3v) is 2.09. The van der Waals surface area contributed by atoms with Gasteiger partial charge in [0.2, 0.25) is 5.54 Å². The zero-order valence-corrected chi connectivity index (χ0v) is 9.93. The van der Waals surface area contributed by atoms with Crippen molar-refractivity contribution in [1.29, 1.82) is 0 Å². The first-order valence-electron chi connectivity index (χ1n) is 5.09. The van der Waals surface area contributed by atoms with Gasteiger partial charge in [0.05, 0.1) is 6.61 Å². The van der Waals surface area contributed by atoms with Crippen molar-refractivity contribution in [1.82, 2.24) is 10.6 Å². The van der Waals surface area contributed by atoms with E-state index in [1.54, 1.807) is 6.92 Å². The summed E-state index contributed by atoms with van der Waals surface area (Å²) in [5.41, 5.74) is -3.33. The number of amides is 2. The van der Waals surface area contributed by atoms with Crippen LogP contribution in [-0.2, 0) is 9.53 Å². The number of halogens is 3. The van der Waals surface area contributed by atoms with Crippen LogP contribution in [0.3, 0.4) is 0 Å². The maximum Gasteiger partial charge on any atom is 0.422 e. The molecule has 0 aliphatic rings. The molecule has 9 heteroatoms. The smallest absolute Gasteiger partial charge is 0.422 e. The molecule has 0 radical (unpaired) electrons. The number of aliphatic carboxylic acids is 1. The average Bonchev–Trinajstić information content (AvgIpc) is 2.22. The third-order valence-electron chi connectivity index (χ3n) is 2.09. The Kier molecular flexibility index (Phi) is 5.89. The predicted octanol–water partition coefficient (Wildman–Crippen LogP) is 0.728. The summed E-state index contributed by atoms with van der Waals surface area (Å²) in [5, 5.41) is 12.0. The second-order valence-electron chi connectivity index (χ2n) is 3.51. The molecule has 0 fully saturated rings. The molecule has 2 amide bonds. The van der Waals surface area contributed by atoms with Crippen molar-refractivity contribution in [3.8, 4) is 0 Å². The van der Waals surface area contributed by atoms with Crippen molar-refractivity contribution in [3.63, 3.8) is 0 Å². The molecule has 0 spiro atoms. The molecule has 0 aromatic heterocycles. The highest BCUT2D eigenvalue weighted by atomic mass is 19.4. The number of hydrogen-bond donors (Lipinski definition) is 3. The summed E-state index contributed by atoms with van der Waals surface area (Å²) in [6.45, 7) is 2.59. The second-order valence-corrected chi connectivity index (χ2v) is 3.51. The molecule has 1 atom stereocenters. The van der Waals surface area contributed by atoms with Gasteiger partial charge in [-0.15, -0.1) is 0 Å². The van der Waals surface area contributed by atoms with Gasteiger partial charge in [0, 0.05) is 13.2 Å². The number of rotatable bonds is 6. The number of alkyl halides is 3. The van der Waals surface area contributed by atoms with Gasteiger partial charge in [0.15, 0.2) is 0 Å². The lowest BCUT2D eigenvalue weighted by Gasteiger charge is -2.28. The molecule has 0 aliphatic heterocycles. The minimum Gasteiger partial charge on any atom is -0.479 e. The van der Waals surface area contributed by atoms with E-state index in [-0.39, 0.29) is 13.2 Å². The lowest BCUT2D eigenvalue weighted by atomic mass is 10.0. The van der Waals surface area contributed by atoms with Gasteiger partial charge in [0.25, 0.3) is 0 Å². The molecule has 0 saturated carbocycles. The van der Waals surface area contributed by atoms with E-state index in [1.807, 2.05) is 0 Å². The summed E-state index contributed by atoms with van der Waals surface area (Å²) in [7, 11) is 0. The van der Waals surface area contributed by atoms with Crippen molar-refractivity contribution in [2.75, 3.05) is 19.8 Å². The zero-order valence-electron chi connectivity index (χ0n) is 9.93. The van der Waals surface area contributed by atoms with E-state index in [9.17, 15) is 22.8 Å². The Bertz CT molecular complexity index is 309. The normalized spacial score (nSPS) is 14.7. The fraction of sp³-hybridized carbons (Fsp3) is 0.778. The fourth-order valence-corrected chi connectivity index (χ4v) is 0.898. The van der Waals surface area contributed by atoms with Gasteiger partial charge in [-0.3, -0.25) is 0 Å². The van der Waals surface area contributed by atoms with E-state index in [1.165, 1.54) is 5.32 Å². The van der Waals surface area contributed by atoms with Crippen molar-refractivity contribution in [2.45, 2.75) is 25.6 Å². The SMILES string of the molecule is CCOCCNC(=O)NC(C)(C(=O)O)C(F)(F)F. The van der Waals surface area contributed by atoms with Crippen LogP contribution in [0.15, 0.2) is 0 Å². The van der Waals surface area contributed by atoms with E-state index in [0.717, 1.165) is 0 Å². The highest BCUT2D eigenvalue weighted by molar-refractivity contribution is 5.86. The van der Waals surface area contributed by atoms with Crippen molar-refractivity contribution in [3.05, 3.63) is 0 Å². The lowest BCUT2D eigenvalue weighted by molar-refractivity contribution is -0.203. The molecule has 0 aromatic rings. The average molecular weight is 272 g/mol. The number of ether oxygens (including phenoxy) is 1. The number of urea groups is 1. The van der Waals surface area contributed by atoms with Crippen molar-refractivity contribution < 1.29 is 32.6 Å². The molecule has 0 heterocycles. The molecule has 1 unspecified atom stereocenters. The number of carboxylic acids is 1. The first-order chi connectivity index (χ1) is 8.15. The topological polar surface area (TPSA) is 87.7 Å². The van der Waals surface area contributed by atoms with E-state index in [2.05, 4.69) is 5.32 Å². The van der Waals surface area contributed by atoms with E-state index < -0.39 is 23.7 Å². The van der Waals surface area contributed by atoms with E-state index in [4.69, 9.17) is 9.84 Å². The molecule has 6 nitrogen and oxygen atoms in total. The summed E-state index contributed by atoms with van der Waals surface area (Å²) < 4.78 is 42.4. The summed E-state index contributed by atoms with van der Waals surface area (Å²) in [6.07, 6.45) is -5.10. The Labute approximate surface area is 101 Å². The van der Waals surface area contributed by atoms with Crippen LogP contribution >= 0.6 is 0 Å². The van der Waals surface area contributed by atoms with Crippen LogP contribution in [0.2, 0.25) is 0 Å². The standard InChI is InChI=1S/C9H15F3N2O4/c1-3-18-5-4-13-7(17)14-8(2,6(15)16)9(10,11)12/h3-5H2,1-2H3,(H,15,16)(H2,13,14,17). The fourth-order valence-electron chi connectivity index (χ4n) is 0.898. The predicted molar refractivity (Wildman–Crippen MR) is 55.1 cm³/mol. The van der Waals surface area contributed by atoms with Gasteiger partial charge in [0.1, 0.15) is 0 Å². The molecule has 0 rings (SSSR count). The molecule has 106 valence electrons. The number of carboxylic acid groups (broad SMARTS) is 1. The van der Waals surface area contributed by atoms with Gasteiger partial charge in [-0.1, -0.05) is 0 Å². The van der Waals surface area contributed by atoms with Crippen LogP contribution in [-0.4, -0.2) is 48.6 Å². The first-order valence-corrected chi connectivity index (χ1v) is 5.09. The van der Waals surface area contributed by atoms with Crippen LogP contribution in [0.5, 0.6) is 0 Å². The highest BCUT2D eigenvalue weighted by Gasteiger charge is 2.58. The Morgan fingerprint density at radius 3 is 2.28 bits per heavy atom. The van der Waals surface area contributed by atoms with Crippen LogP contribution < -0.4 is 10.6 Å². The number of carbonyl (C=O) groups is 2. The van der Waals surface area contributed by atoms with Crippen molar-refractivity contribution >= 4 is 12.0 Å². The minimum atomic E-state index is -5.10. The van der Waals surface area contributed by atoms with Gasteiger partial charge < -0.3 is 20.5 Å². The summed E-state index contributed by atoms with van der Waals surface area (Å²) in [6, 6.07) is -1.23.